The van der Waals surface area contributed by atoms with Crippen molar-refractivity contribution >= 4 is 74.8 Å². The van der Waals surface area contributed by atoms with Crippen LogP contribution in [0.15, 0.2) is 133 Å². The zero-order chi connectivity index (χ0) is 47.3. The van der Waals surface area contributed by atoms with Gasteiger partial charge in [0.1, 0.15) is 30.2 Å². The lowest BCUT2D eigenvalue weighted by atomic mass is 10.1. The first-order chi connectivity index (χ1) is 32.5. The molecule has 0 radical (unpaired) electrons. The van der Waals surface area contributed by atoms with E-state index in [0.717, 1.165) is 11.3 Å². The van der Waals surface area contributed by atoms with Gasteiger partial charge in [-0.3, -0.25) is 9.59 Å². The van der Waals surface area contributed by atoms with Crippen LogP contribution in [0.3, 0.4) is 0 Å². The molecule has 2 amide bonds. The number of carbonyl (C=O) groups is 2. The highest BCUT2D eigenvalue weighted by molar-refractivity contribution is 6.01. The number of nitrogens with two attached hydrogens (primary N) is 1. The molecule has 0 bridgehead atoms. The Kier molecular flexibility index (Phi) is 15.2. The van der Waals surface area contributed by atoms with Gasteiger partial charge in [0.2, 0.25) is 23.7 Å². The van der Waals surface area contributed by atoms with Gasteiger partial charge in [-0.25, -0.2) is 19.3 Å². The Bertz CT molecular complexity index is 2950. The highest BCUT2D eigenvalue weighted by Crippen LogP contribution is 2.29. The molecule has 0 aliphatic heterocycles. The number of hydrogen-bond acceptors (Lipinski definition) is 15. The number of H-pyrrole nitrogens is 1. The fraction of sp³-hybridized carbons (Fsp3) is 0.188. The molecule has 0 aliphatic carbocycles. The van der Waals surface area contributed by atoms with Gasteiger partial charge in [0.05, 0.1) is 37.0 Å². The van der Waals surface area contributed by atoms with Crippen LogP contribution in [-0.4, -0.2) is 96.0 Å². The predicted molar refractivity (Wildman–Crippen MR) is 260 cm³/mol. The van der Waals surface area contributed by atoms with Gasteiger partial charge in [-0.2, -0.15) is 9.97 Å². The second kappa shape index (κ2) is 21.9. The van der Waals surface area contributed by atoms with E-state index < -0.39 is 5.69 Å². The number of nitrogens with zero attached hydrogens (tertiary/aromatic N) is 7. The maximum Gasteiger partial charge on any atom is 0.332 e. The van der Waals surface area contributed by atoms with Crippen molar-refractivity contribution in [2.24, 2.45) is 0 Å². The summed E-state index contributed by atoms with van der Waals surface area (Å²) >= 11 is 0. The summed E-state index contributed by atoms with van der Waals surface area (Å²) in [6, 6.07) is 27.1. The number of rotatable bonds is 21. The van der Waals surface area contributed by atoms with E-state index in [2.05, 4.69) is 47.4 Å². The van der Waals surface area contributed by atoms with E-state index in [1.807, 2.05) is 66.7 Å². The summed E-state index contributed by atoms with van der Waals surface area (Å²) in [6.07, 6.45) is 7.84. The van der Waals surface area contributed by atoms with Gasteiger partial charge in [0, 0.05) is 56.8 Å². The number of nitrogens with one attached hydrogen (secondary N) is 4. The average molecular weight is 907 g/mol. The standard InChI is InChI=1S/C48H50N12O7/c1-6-42(61)58(2)36-13-9-14-37(28-36)60-45-40(55-48(60)63)30-51-47(57-45)54-34-18-21-41(67-25-23-65-5)31(26-34)10-7-15-43(62)59(3)35-12-8-11-33(27-35)52-44-39(49)29-50-46(56-44)53-32-16-19-38(20-17-32)66-24-22-64-4/h6-9,11-21,26-30H,1,10,22-25,49H2,2-5H3,(H,55,63)(H,51,54,57)(H2,50,52,53,56). The largest absolute Gasteiger partial charge is 0.491 e. The number of benzene rings is 4. The zero-order valence-electron chi connectivity index (χ0n) is 37.4. The second-order valence-corrected chi connectivity index (χ2v) is 14.8. The molecule has 67 heavy (non-hydrogen) atoms. The number of fused-ring (bicyclic) bond motifs is 1. The molecule has 3 aromatic heterocycles. The van der Waals surface area contributed by atoms with Crippen molar-refractivity contribution in [1.29, 1.82) is 0 Å². The van der Waals surface area contributed by atoms with Crippen LogP contribution in [0.2, 0.25) is 0 Å². The van der Waals surface area contributed by atoms with E-state index >= 15 is 0 Å². The molecule has 0 aliphatic rings. The molecule has 0 saturated heterocycles. The van der Waals surface area contributed by atoms with Crippen LogP contribution < -0.4 is 46.6 Å². The zero-order valence-corrected chi connectivity index (χ0v) is 37.4. The summed E-state index contributed by atoms with van der Waals surface area (Å²) in [4.78, 5) is 62.7. The fourth-order valence-electron chi connectivity index (χ4n) is 6.64. The summed E-state index contributed by atoms with van der Waals surface area (Å²) < 4.78 is 23.3. The Morgan fingerprint density at radius 3 is 2.18 bits per heavy atom. The molecule has 0 saturated carbocycles. The fourth-order valence-corrected chi connectivity index (χ4v) is 6.64. The highest BCUT2D eigenvalue weighted by Gasteiger charge is 2.16. The molecule has 344 valence electrons. The van der Waals surface area contributed by atoms with Crippen molar-refractivity contribution in [3.63, 3.8) is 0 Å². The third-order valence-corrected chi connectivity index (χ3v) is 10.2. The highest BCUT2D eigenvalue weighted by atomic mass is 16.5. The number of amides is 2. The molecular formula is C48H50N12O7. The first kappa shape index (κ1) is 46.4. The van der Waals surface area contributed by atoms with Crippen molar-refractivity contribution in [3.8, 4) is 17.2 Å². The third-order valence-electron chi connectivity index (χ3n) is 10.2. The summed E-state index contributed by atoms with van der Waals surface area (Å²) in [5.74, 6) is 1.70. The first-order valence-corrected chi connectivity index (χ1v) is 21.0. The number of aromatic nitrogens is 6. The second-order valence-electron chi connectivity index (χ2n) is 14.8. The van der Waals surface area contributed by atoms with Gasteiger partial charge in [0.15, 0.2) is 11.5 Å². The third kappa shape index (κ3) is 11.8. The minimum absolute atomic E-state index is 0.226. The lowest BCUT2D eigenvalue weighted by molar-refractivity contribution is -0.114. The Morgan fingerprint density at radius 1 is 0.761 bits per heavy atom. The van der Waals surface area contributed by atoms with E-state index in [1.165, 1.54) is 38.9 Å². The molecule has 0 unspecified atom stereocenters. The Hall–Kier alpha value is -8.55. The predicted octanol–water partition coefficient (Wildman–Crippen LogP) is 6.67. The van der Waals surface area contributed by atoms with Crippen molar-refractivity contribution in [2.75, 3.05) is 86.2 Å². The van der Waals surface area contributed by atoms with Crippen molar-refractivity contribution in [2.45, 2.75) is 6.42 Å². The van der Waals surface area contributed by atoms with Gasteiger partial charge < -0.3 is 55.4 Å². The summed E-state index contributed by atoms with van der Waals surface area (Å²) in [5, 5.41) is 9.65. The van der Waals surface area contributed by atoms with Crippen LogP contribution in [-0.2, 0) is 25.5 Å². The van der Waals surface area contributed by atoms with Crippen LogP contribution in [0.5, 0.6) is 11.5 Å². The molecule has 4 aromatic carbocycles. The molecule has 0 fully saturated rings. The lowest BCUT2D eigenvalue weighted by Gasteiger charge is -2.17. The minimum Gasteiger partial charge on any atom is -0.491 e. The number of likely N-dealkylation sites (N-methyl/N-ethyl adjacent to an activating group) is 2. The molecule has 19 nitrogen and oxygen atoms in total. The van der Waals surface area contributed by atoms with Crippen LogP contribution in [0.1, 0.15) is 5.56 Å². The van der Waals surface area contributed by atoms with Crippen LogP contribution >= 0.6 is 0 Å². The van der Waals surface area contributed by atoms with Gasteiger partial charge in [-0.1, -0.05) is 24.8 Å². The van der Waals surface area contributed by atoms with Gasteiger partial charge in [-0.15, -0.1) is 0 Å². The maximum atomic E-state index is 13.5. The molecule has 7 aromatic rings. The first-order valence-electron chi connectivity index (χ1n) is 21.0. The smallest absolute Gasteiger partial charge is 0.332 e. The van der Waals surface area contributed by atoms with Crippen molar-refractivity contribution in [3.05, 3.63) is 144 Å². The number of ether oxygens (including phenoxy) is 4. The maximum absolute atomic E-state index is 13.5. The Labute approximate surface area is 385 Å². The van der Waals surface area contributed by atoms with Crippen LogP contribution in [0, 0.1) is 0 Å². The Balaban J connectivity index is 1.03. The molecule has 3 heterocycles. The molecule has 0 atom stereocenters. The average Bonchev–Trinajstić information content (AvgIpc) is 3.67. The molecule has 7 rings (SSSR count). The monoisotopic (exact) mass is 906 g/mol. The van der Waals surface area contributed by atoms with E-state index in [9.17, 15) is 14.4 Å². The van der Waals surface area contributed by atoms with Crippen LogP contribution in [0.4, 0.5) is 51.8 Å². The summed E-state index contributed by atoms with van der Waals surface area (Å²) in [7, 11) is 6.52. The molecular weight excluding hydrogens is 857 g/mol. The number of imidazole rings is 1. The van der Waals surface area contributed by atoms with Gasteiger partial charge >= 0.3 is 5.69 Å². The minimum atomic E-state index is -0.424. The number of hydrogen-bond donors (Lipinski definition) is 5. The number of aromatic amines is 1. The topological polar surface area (TPSA) is 229 Å². The van der Waals surface area contributed by atoms with Crippen molar-refractivity contribution < 1.29 is 28.5 Å². The SMILES string of the molecule is C=CC(=O)N(C)c1cccc(-n2c(=O)[nH]c3cnc(Nc4ccc(OCCOC)c(CC=CC(=O)N(C)c5cccc(Nc6nc(Nc7ccc(OCCOC)cc7)ncc6N)c5)c4)nc32)c1. The van der Waals surface area contributed by atoms with Crippen LogP contribution in [0.25, 0.3) is 16.9 Å². The lowest BCUT2D eigenvalue weighted by Crippen LogP contribution is -2.24. The van der Waals surface area contributed by atoms with E-state index in [0.29, 0.717) is 101 Å². The number of carbonyl (C=O) groups excluding carboxylic acids is 2. The molecule has 6 N–H and O–H groups in total. The number of allylic oxidation sites excluding steroid dienone is 1. The van der Waals surface area contributed by atoms with E-state index in [1.54, 1.807) is 58.7 Å². The number of methoxy groups -OCH3 is 2. The molecule has 0 spiro atoms. The summed E-state index contributed by atoms with van der Waals surface area (Å²) in [6.45, 7) is 5.19. The van der Waals surface area contributed by atoms with E-state index in [-0.39, 0.29) is 17.8 Å². The van der Waals surface area contributed by atoms with Crippen molar-refractivity contribution in [1.82, 2.24) is 29.5 Å². The quantitative estimate of drug-likeness (QED) is 0.0375. The number of anilines is 9. The summed E-state index contributed by atoms with van der Waals surface area (Å²) in [5.41, 5.74) is 11.4. The normalized spacial score (nSPS) is 11.0. The van der Waals surface area contributed by atoms with E-state index in [4.69, 9.17) is 24.7 Å². The van der Waals surface area contributed by atoms with Gasteiger partial charge in [-0.05, 0) is 103 Å². The number of nitrogen functional groups attached to an aromatic ring is 1. The van der Waals surface area contributed by atoms with Gasteiger partial charge in [0.25, 0.3) is 0 Å². The Morgan fingerprint density at radius 2 is 1.42 bits per heavy atom. The molecule has 19 heteroatoms.